The molecular formula is C26H32N2O6S. The third kappa shape index (κ3) is 7.92. The Morgan fingerprint density at radius 1 is 1.09 bits per heavy atom. The molecule has 2 aromatic rings. The Labute approximate surface area is 210 Å². The number of amides is 2. The van der Waals surface area contributed by atoms with Crippen molar-refractivity contribution in [1.82, 2.24) is 4.90 Å². The van der Waals surface area contributed by atoms with Gasteiger partial charge < -0.3 is 19.1 Å². The number of ether oxygens (including phenoxy) is 3. The van der Waals surface area contributed by atoms with Crippen LogP contribution >= 0.6 is 11.8 Å². The fraction of sp³-hybridized carbons (Fsp3) is 0.423. The summed E-state index contributed by atoms with van der Waals surface area (Å²) in [7, 11) is 0. The molecule has 1 aliphatic rings. The standard InChI is InChI=1S/C26H32N2O6S/c1-4-32-25(30)16-27(26(31)34-17-19(2)3)15-20-9-11-21(12-10-20)33-14-13-28-22-7-5-6-8-23(22)35-18-24(28)29/h5-12,19H,4,13-18H2,1-3H3. The molecule has 1 aliphatic heterocycles. The van der Waals surface area contributed by atoms with Gasteiger partial charge in [0.1, 0.15) is 18.9 Å². The molecule has 0 saturated heterocycles. The molecule has 3 rings (SSSR count). The summed E-state index contributed by atoms with van der Waals surface area (Å²) in [4.78, 5) is 41.0. The van der Waals surface area contributed by atoms with Crippen molar-refractivity contribution < 1.29 is 28.6 Å². The van der Waals surface area contributed by atoms with Gasteiger partial charge in [-0.15, -0.1) is 11.8 Å². The summed E-state index contributed by atoms with van der Waals surface area (Å²) >= 11 is 1.55. The van der Waals surface area contributed by atoms with Crippen molar-refractivity contribution in [2.45, 2.75) is 32.2 Å². The van der Waals surface area contributed by atoms with Gasteiger partial charge in [-0.1, -0.05) is 38.1 Å². The monoisotopic (exact) mass is 500 g/mol. The van der Waals surface area contributed by atoms with Crippen molar-refractivity contribution in [1.29, 1.82) is 0 Å². The summed E-state index contributed by atoms with van der Waals surface area (Å²) in [6.45, 7) is 6.94. The van der Waals surface area contributed by atoms with Crippen LogP contribution in [-0.4, -0.2) is 61.5 Å². The highest BCUT2D eigenvalue weighted by atomic mass is 32.2. The number of rotatable bonds is 11. The molecule has 0 atom stereocenters. The lowest BCUT2D eigenvalue weighted by molar-refractivity contribution is -0.144. The molecule has 35 heavy (non-hydrogen) atoms. The lowest BCUT2D eigenvalue weighted by atomic mass is 10.2. The van der Waals surface area contributed by atoms with E-state index in [9.17, 15) is 14.4 Å². The molecule has 0 aliphatic carbocycles. The maximum Gasteiger partial charge on any atom is 0.410 e. The van der Waals surface area contributed by atoms with Gasteiger partial charge in [-0.25, -0.2) is 4.79 Å². The van der Waals surface area contributed by atoms with Crippen LogP contribution in [0.15, 0.2) is 53.4 Å². The lowest BCUT2D eigenvalue weighted by Crippen LogP contribution is -2.38. The Morgan fingerprint density at radius 2 is 1.83 bits per heavy atom. The molecule has 0 unspecified atom stereocenters. The summed E-state index contributed by atoms with van der Waals surface area (Å²) in [5, 5.41) is 0. The maximum atomic E-state index is 12.5. The largest absolute Gasteiger partial charge is 0.492 e. The first-order valence-corrected chi connectivity index (χ1v) is 12.7. The van der Waals surface area contributed by atoms with E-state index in [0.717, 1.165) is 16.1 Å². The van der Waals surface area contributed by atoms with E-state index < -0.39 is 12.1 Å². The minimum atomic E-state index is -0.559. The van der Waals surface area contributed by atoms with Gasteiger partial charge in [-0.2, -0.15) is 0 Å². The highest BCUT2D eigenvalue weighted by Gasteiger charge is 2.24. The topological polar surface area (TPSA) is 85.4 Å². The second-order valence-electron chi connectivity index (χ2n) is 8.43. The van der Waals surface area contributed by atoms with Crippen molar-refractivity contribution in [3.05, 3.63) is 54.1 Å². The molecule has 188 valence electrons. The fourth-order valence-corrected chi connectivity index (χ4v) is 4.38. The van der Waals surface area contributed by atoms with E-state index in [1.807, 2.05) is 50.2 Å². The first-order valence-electron chi connectivity index (χ1n) is 11.7. The minimum Gasteiger partial charge on any atom is -0.492 e. The van der Waals surface area contributed by atoms with E-state index in [0.29, 0.717) is 24.7 Å². The van der Waals surface area contributed by atoms with Crippen LogP contribution in [-0.2, 0) is 25.6 Å². The molecular weight excluding hydrogens is 468 g/mol. The number of hydrogen-bond donors (Lipinski definition) is 0. The van der Waals surface area contributed by atoms with Crippen LogP contribution in [0.1, 0.15) is 26.3 Å². The Balaban J connectivity index is 1.56. The zero-order valence-electron chi connectivity index (χ0n) is 20.4. The van der Waals surface area contributed by atoms with Gasteiger partial charge in [-0.3, -0.25) is 14.5 Å². The third-order valence-electron chi connectivity index (χ3n) is 5.11. The van der Waals surface area contributed by atoms with Gasteiger partial charge in [-0.05, 0) is 42.7 Å². The highest BCUT2D eigenvalue weighted by molar-refractivity contribution is 8.00. The number of esters is 1. The van der Waals surface area contributed by atoms with Gasteiger partial charge in [0.05, 0.1) is 31.2 Å². The van der Waals surface area contributed by atoms with Gasteiger partial charge >= 0.3 is 12.1 Å². The maximum absolute atomic E-state index is 12.5. The van der Waals surface area contributed by atoms with Crippen molar-refractivity contribution in [2.75, 3.05) is 43.6 Å². The molecule has 1 heterocycles. The van der Waals surface area contributed by atoms with Crippen molar-refractivity contribution >= 4 is 35.4 Å². The molecule has 2 amide bonds. The quantitative estimate of drug-likeness (QED) is 0.424. The number of thioether (sulfide) groups is 1. The van der Waals surface area contributed by atoms with Crippen LogP contribution in [0, 0.1) is 5.92 Å². The predicted octanol–water partition coefficient (Wildman–Crippen LogP) is 4.36. The minimum absolute atomic E-state index is 0.0682. The van der Waals surface area contributed by atoms with E-state index in [-0.39, 0.29) is 38.1 Å². The van der Waals surface area contributed by atoms with Gasteiger partial charge in [0, 0.05) is 11.4 Å². The number of nitrogens with zero attached hydrogens (tertiary/aromatic N) is 2. The molecule has 0 spiro atoms. The van der Waals surface area contributed by atoms with Crippen LogP contribution in [0.25, 0.3) is 0 Å². The number of para-hydroxylation sites is 1. The molecule has 8 nitrogen and oxygen atoms in total. The number of fused-ring (bicyclic) bond motifs is 1. The van der Waals surface area contributed by atoms with Crippen molar-refractivity contribution in [3.63, 3.8) is 0 Å². The van der Waals surface area contributed by atoms with Crippen LogP contribution in [0.2, 0.25) is 0 Å². The SMILES string of the molecule is CCOC(=O)CN(Cc1ccc(OCCN2C(=O)CSc3ccccc32)cc1)C(=O)OCC(C)C. The van der Waals surface area contributed by atoms with Crippen LogP contribution < -0.4 is 9.64 Å². The summed E-state index contributed by atoms with van der Waals surface area (Å²) in [6, 6.07) is 15.1. The number of carbonyl (C=O) groups is 3. The van der Waals surface area contributed by atoms with Crippen LogP contribution in [0.5, 0.6) is 5.75 Å². The normalized spacial score (nSPS) is 12.8. The average molecular weight is 501 g/mol. The van der Waals surface area contributed by atoms with E-state index in [2.05, 4.69) is 0 Å². The Kier molecular flexibility index (Phi) is 9.84. The van der Waals surface area contributed by atoms with Gasteiger partial charge in [0.25, 0.3) is 0 Å². The van der Waals surface area contributed by atoms with Crippen molar-refractivity contribution in [2.24, 2.45) is 5.92 Å². The Bertz CT molecular complexity index is 1010. The van der Waals surface area contributed by atoms with Crippen LogP contribution in [0.4, 0.5) is 10.5 Å². The Hall–Kier alpha value is -3.20. The number of anilines is 1. The van der Waals surface area contributed by atoms with Crippen LogP contribution in [0.3, 0.4) is 0 Å². The molecule has 2 aromatic carbocycles. The number of benzene rings is 2. The highest BCUT2D eigenvalue weighted by Crippen LogP contribution is 2.34. The van der Waals surface area contributed by atoms with E-state index >= 15 is 0 Å². The zero-order valence-corrected chi connectivity index (χ0v) is 21.2. The fourth-order valence-electron chi connectivity index (χ4n) is 3.44. The summed E-state index contributed by atoms with van der Waals surface area (Å²) in [5.41, 5.74) is 1.74. The summed E-state index contributed by atoms with van der Waals surface area (Å²) < 4.78 is 16.2. The molecule has 0 bridgehead atoms. The molecule has 0 radical (unpaired) electrons. The summed E-state index contributed by atoms with van der Waals surface area (Å²) in [5.74, 6) is 0.848. The van der Waals surface area contributed by atoms with E-state index in [4.69, 9.17) is 14.2 Å². The molecule has 0 fully saturated rings. The van der Waals surface area contributed by atoms with E-state index in [1.54, 1.807) is 35.7 Å². The molecule has 0 aromatic heterocycles. The third-order valence-corrected chi connectivity index (χ3v) is 6.16. The molecule has 0 N–H and O–H groups in total. The second kappa shape index (κ2) is 13.0. The Morgan fingerprint density at radius 3 is 2.54 bits per heavy atom. The van der Waals surface area contributed by atoms with E-state index in [1.165, 1.54) is 4.90 Å². The average Bonchev–Trinajstić information content (AvgIpc) is 2.84. The first kappa shape index (κ1) is 26.4. The second-order valence-corrected chi connectivity index (χ2v) is 9.44. The van der Waals surface area contributed by atoms with Gasteiger partial charge in [0.15, 0.2) is 0 Å². The first-order chi connectivity index (χ1) is 16.9. The molecule has 0 saturated carbocycles. The summed E-state index contributed by atoms with van der Waals surface area (Å²) in [6.07, 6.45) is -0.559. The predicted molar refractivity (Wildman–Crippen MR) is 135 cm³/mol. The smallest absolute Gasteiger partial charge is 0.410 e. The molecule has 9 heteroatoms. The zero-order chi connectivity index (χ0) is 25.2. The lowest BCUT2D eigenvalue weighted by Gasteiger charge is -2.28. The number of carbonyl (C=O) groups excluding carboxylic acids is 3. The van der Waals surface area contributed by atoms with Gasteiger partial charge in [0.2, 0.25) is 5.91 Å². The van der Waals surface area contributed by atoms with Crippen molar-refractivity contribution in [3.8, 4) is 5.75 Å². The number of hydrogen-bond acceptors (Lipinski definition) is 7.